The minimum absolute atomic E-state index is 0.704. The zero-order chi connectivity index (χ0) is 22.2. The summed E-state index contributed by atoms with van der Waals surface area (Å²) in [7, 11) is 3.35. The average Bonchev–Trinajstić information content (AvgIpc) is 3.39. The molecule has 1 aliphatic heterocycles. The average molecular weight is 437 g/mol. The summed E-state index contributed by atoms with van der Waals surface area (Å²) in [6.45, 7) is 7.05. The van der Waals surface area contributed by atoms with Crippen LogP contribution < -0.4 is 14.2 Å². The molecule has 0 radical (unpaired) electrons. The van der Waals surface area contributed by atoms with E-state index in [1.807, 2.05) is 41.1 Å². The maximum Gasteiger partial charge on any atom is 0.160 e. The Labute approximate surface area is 190 Å². The zero-order valence-corrected chi connectivity index (χ0v) is 18.9. The lowest BCUT2D eigenvalue weighted by Gasteiger charge is -2.34. The van der Waals surface area contributed by atoms with Crippen molar-refractivity contribution in [3.63, 3.8) is 0 Å². The fourth-order valence-corrected chi connectivity index (χ4v) is 3.98. The van der Waals surface area contributed by atoms with Crippen molar-refractivity contribution in [2.75, 3.05) is 60.1 Å². The molecule has 0 unspecified atom stereocenters. The van der Waals surface area contributed by atoms with Gasteiger partial charge in [-0.05, 0) is 48.4 Å². The van der Waals surface area contributed by atoms with Crippen LogP contribution in [0.2, 0.25) is 0 Å². The fraction of sp³-hybridized carbons (Fsp3) is 0.400. The molecule has 0 aliphatic carbocycles. The SMILES string of the molecule is COc1ccc(CCN2CCN(CCOc3ccc(-n4ccnc4)cc3)CC2)cc1OC. The topological polar surface area (TPSA) is 52.0 Å². The molecule has 1 aromatic heterocycles. The molecule has 1 saturated heterocycles. The number of aromatic nitrogens is 2. The Morgan fingerprint density at radius 3 is 2.22 bits per heavy atom. The van der Waals surface area contributed by atoms with Gasteiger partial charge in [-0.15, -0.1) is 0 Å². The van der Waals surface area contributed by atoms with Crippen LogP contribution in [0.15, 0.2) is 61.2 Å². The number of imidazole rings is 1. The summed E-state index contributed by atoms with van der Waals surface area (Å²) in [6, 6.07) is 14.3. The standard InChI is InChI=1S/C25H32N4O3/c1-30-24-8-3-21(19-25(24)31-2)9-11-27-13-15-28(16-14-27)17-18-32-23-6-4-22(5-7-23)29-12-10-26-20-29/h3-8,10,12,19-20H,9,11,13-18H2,1-2H3. The van der Waals surface area contributed by atoms with Crippen LogP contribution in [0.5, 0.6) is 17.2 Å². The molecule has 1 fully saturated rings. The predicted octanol–water partition coefficient (Wildman–Crippen LogP) is 3.13. The monoisotopic (exact) mass is 436 g/mol. The number of rotatable bonds is 10. The molecule has 0 N–H and O–H groups in total. The first-order valence-electron chi connectivity index (χ1n) is 11.1. The van der Waals surface area contributed by atoms with Crippen molar-refractivity contribution in [1.82, 2.24) is 19.4 Å². The molecule has 0 bridgehead atoms. The number of nitrogens with zero attached hydrogens (tertiary/aromatic N) is 4. The van der Waals surface area contributed by atoms with E-state index >= 15 is 0 Å². The van der Waals surface area contributed by atoms with E-state index < -0.39 is 0 Å². The summed E-state index contributed by atoms with van der Waals surface area (Å²) in [4.78, 5) is 9.09. The van der Waals surface area contributed by atoms with E-state index in [4.69, 9.17) is 14.2 Å². The van der Waals surface area contributed by atoms with Gasteiger partial charge in [-0.3, -0.25) is 4.90 Å². The van der Waals surface area contributed by atoms with E-state index in [0.29, 0.717) is 6.61 Å². The molecule has 7 nitrogen and oxygen atoms in total. The van der Waals surface area contributed by atoms with E-state index in [1.165, 1.54) is 5.56 Å². The van der Waals surface area contributed by atoms with Crippen molar-refractivity contribution in [2.24, 2.45) is 0 Å². The molecule has 0 spiro atoms. The van der Waals surface area contributed by atoms with E-state index in [9.17, 15) is 0 Å². The van der Waals surface area contributed by atoms with Gasteiger partial charge in [-0.2, -0.15) is 0 Å². The van der Waals surface area contributed by atoms with Gasteiger partial charge in [-0.1, -0.05) is 6.07 Å². The lowest BCUT2D eigenvalue weighted by Crippen LogP contribution is -2.47. The molecule has 1 aliphatic rings. The van der Waals surface area contributed by atoms with Gasteiger partial charge < -0.3 is 23.7 Å². The predicted molar refractivity (Wildman–Crippen MR) is 125 cm³/mol. The lowest BCUT2D eigenvalue weighted by molar-refractivity contribution is 0.118. The van der Waals surface area contributed by atoms with Crippen LogP contribution in [0.4, 0.5) is 0 Å². The molecule has 0 amide bonds. The molecular weight excluding hydrogens is 404 g/mol. The summed E-state index contributed by atoms with van der Waals surface area (Å²) < 4.78 is 18.7. The summed E-state index contributed by atoms with van der Waals surface area (Å²) in [5, 5.41) is 0. The number of ether oxygens (including phenoxy) is 3. The van der Waals surface area contributed by atoms with Gasteiger partial charge in [0.2, 0.25) is 0 Å². The third kappa shape index (κ3) is 5.81. The van der Waals surface area contributed by atoms with Crippen molar-refractivity contribution in [1.29, 1.82) is 0 Å². The minimum Gasteiger partial charge on any atom is -0.493 e. The molecule has 2 aromatic carbocycles. The van der Waals surface area contributed by atoms with Crippen LogP contribution in [0, 0.1) is 0 Å². The third-order valence-corrected chi connectivity index (χ3v) is 5.95. The van der Waals surface area contributed by atoms with Crippen LogP contribution in [-0.2, 0) is 6.42 Å². The molecule has 4 rings (SSSR count). The van der Waals surface area contributed by atoms with Crippen LogP contribution in [0.3, 0.4) is 0 Å². The zero-order valence-electron chi connectivity index (χ0n) is 18.9. The van der Waals surface area contributed by atoms with Gasteiger partial charge >= 0.3 is 0 Å². The van der Waals surface area contributed by atoms with Gasteiger partial charge in [0, 0.05) is 57.3 Å². The van der Waals surface area contributed by atoms with Crippen LogP contribution >= 0.6 is 0 Å². The first-order chi connectivity index (χ1) is 15.7. The number of hydrogen-bond acceptors (Lipinski definition) is 6. The van der Waals surface area contributed by atoms with Gasteiger partial charge in [-0.25, -0.2) is 4.98 Å². The second-order valence-corrected chi connectivity index (χ2v) is 7.93. The van der Waals surface area contributed by atoms with E-state index in [-0.39, 0.29) is 0 Å². The number of hydrogen-bond donors (Lipinski definition) is 0. The minimum atomic E-state index is 0.704. The van der Waals surface area contributed by atoms with E-state index in [1.54, 1.807) is 26.7 Å². The van der Waals surface area contributed by atoms with Crippen molar-refractivity contribution < 1.29 is 14.2 Å². The van der Waals surface area contributed by atoms with Crippen molar-refractivity contribution in [2.45, 2.75) is 6.42 Å². The molecule has 32 heavy (non-hydrogen) atoms. The highest BCUT2D eigenvalue weighted by molar-refractivity contribution is 5.43. The smallest absolute Gasteiger partial charge is 0.160 e. The highest BCUT2D eigenvalue weighted by Crippen LogP contribution is 2.27. The van der Waals surface area contributed by atoms with Crippen molar-refractivity contribution in [3.8, 4) is 22.9 Å². The summed E-state index contributed by atoms with van der Waals surface area (Å²) >= 11 is 0. The number of methoxy groups -OCH3 is 2. The van der Waals surface area contributed by atoms with E-state index in [2.05, 4.69) is 26.9 Å². The lowest BCUT2D eigenvalue weighted by atomic mass is 10.1. The van der Waals surface area contributed by atoms with Crippen LogP contribution in [0.1, 0.15) is 5.56 Å². The molecule has 2 heterocycles. The quantitative estimate of drug-likeness (QED) is 0.487. The highest BCUT2D eigenvalue weighted by Gasteiger charge is 2.16. The summed E-state index contributed by atoms with van der Waals surface area (Å²) in [6.07, 6.45) is 6.52. The Bertz CT molecular complexity index is 952. The normalized spacial score (nSPS) is 14.9. The van der Waals surface area contributed by atoms with Crippen LogP contribution in [-0.4, -0.2) is 79.4 Å². The maximum absolute atomic E-state index is 5.95. The molecule has 7 heteroatoms. The first-order valence-corrected chi connectivity index (χ1v) is 11.1. The number of piperazine rings is 1. The highest BCUT2D eigenvalue weighted by atomic mass is 16.5. The second-order valence-electron chi connectivity index (χ2n) is 7.93. The molecule has 3 aromatic rings. The Morgan fingerprint density at radius 1 is 0.844 bits per heavy atom. The van der Waals surface area contributed by atoms with Gasteiger partial charge in [0.25, 0.3) is 0 Å². The van der Waals surface area contributed by atoms with Gasteiger partial charge in [0.15, 0.2) is 11.5 Å². The Balaban J connectivity index is 1.15. The van der Waals surface area contributed by atoms with Gasteiger partial charge in [0.1, 0.15) is 12.4 Å². The molecule has 0 saturated carbocycles. The van der Waals surface area contributed by atoms with Crippen LogP contribution in [0.25, 0.3) is 5.69 Å². The third-order valence-electron chi connectivity index (χ3n) is 5.95. The maximum atomic E-state index is 5.95. The van der Waals surface area contributed by atoms with Crippen molar-refractivity contribution >= 4 is 0 Å². The largest absolute Gasteiger partial charge is 0.493 e. The van der Waals surface area contributed by atoms with Gasteiger partial charge in [0.05, 0.1) is 20.5 Å². The molecule has 170 valence electrons. The first kappa shape index (κ1) is 22.2. The van der Waals surface area contributed by atoms with E-state index in [0.717, 1.165) is 68.6 Å². The Hall–Kier alpha value is -3.03. The summed E-state index contributed by atoms with van der Waals surface area (Å²) in [5.41, 5.74) is 2.36. The van der Waals surface area contributed by atoms with Crippen molar-refractivity contribution in [3.05, 3.63) is 66.7 Å². The second kappa shape index (κ2) is 11.0. The number of benzene rings is 2. The summed E-state index contributed by atoms with van der Waals surface area (Å²) in [5.74, 6) is 2.48. The molecule has 0 atom stereocenters. The fourth-order valence-electron chi connectivity index (χ4n) is 3.98. The Morgan fingerprint density at radius 2 is 1.56 bits per heavy atom. The Kier molecular flexibility index (Phi) is 7.64. The molecular formula is C25H32N4O3.